The third-order valence-corrected chi connectivity index (χ3v) is 10.1. The fourth-order valence-corrected chi connectivity index (χ4v) is 8.68. The number of hydrogen-bond acceptors (Lipinski definition) is 6. The van der Waals surface area contributed by atoms with E-state index in [1.807, 2.05) is 23.6 Å². The van der Waals surface area contributed by atoms with Gasteiger partial charge in [-0.2, -0.15) is 11.8 Å². The van der Waals surface area contributed by atoms with Crippen LogP contribution in [0.1, 0.15) is 77.3 Å². The molecule has 1 aromatic rings. The molecule has 1 saturated carbocycles. The van der Waals surface area contributed by atoms with Crippen LogP contribution in [0.4, 0.5) is 5.13 Å². The summed E-state index contributed by atoms with van der Waals surface area (Å²) in [5.74, 6) is 2.17. The van der Waals surface area contributed by atoms with E-state index in [0.29, 0.717) is 11.6 Å². The van der Waals surface area contributed by atoms with Crippen LogP contribution in [0.5, 0.6) is 0 Å². The molecule has 8 heteroatoms. The number of thioether (sulfide) groups is 1. The van der Waals surface area contributed by atoms with Crippen molar-refractivity contribution in [3.8, 4) is 0 Å². The second kappa shape index (κ2) is 9.74. The Morgan fingerprint density at radius 1 is 1.29 bits per heavy atom. The molecule has 6 atom stereocenters. The fourth-order valence-electron chi connectivity index (χ4n) is 6.50. The van der Waals surface area contributed by atoms with E-state index in [0.717, 1.165) is 49.6 Å². The van der Waals surface area contributed by atoms with Crippen molar-refractivity contribution >= 4 is 40.0 Å². The Kier molecular flexibility index (Phi) is 7.43. The number of carbonyl (C=O) groups is 2. The van der Waals surface area contributed by atoms with Crippen LogP contribution in [0.25, 0.3) is 0 Å². The minimum absolute atomic E-state index is 0.00146. The summed E-state index contributed by atoms with van der Waals surface area (Å²) in [4.78, 5) is 33.8. The van der Waals surface area contributed by atoms with E-state index in [-0.39, 0.29) is 46.3 Å². The van der Waals surface area contributed by atoms with Gasteiger partial charge in [0.15, 0.2) is 5.13 Å². The highest BCUT2D eigenvalue weighted by Gasteiger charge is 2.54. The number of aromatic nitrogens is 1. The van der Waals surface area contributed by atoms with Crippen molar-refractivity contribution in [2.75, 3.05) is 29.9 Å². The predicted octanol–water partition coefficient (Wildman–Crippen LogP) is 4.78. The molecule has 2 heterocycles. The summed E-state index contributed by atoms with van der Waals surface area (Å²) in [7, 11) is 0. The molecule has 3 aliphatic rings. The first-order valence-electron chi connectivity index (χ1n) is 12.7. The van der Waals surface area contributed by atoms with Gasteiger partial charge in [-0.05, 0) is 41.9 Å². The van der Waals surface area contributed by atoms with Crippen molar-refractivity contribution in [3.05, 3.63) is 10.6 Å². The molecule has 2 N–H and O–H groups in total. The lowest BCUT2D eigenvalue weighted by Gasteiger charge is -2.53. The van der Waals surface area contributed by atoms with Crippen LogP contribution >= 0.6 is 23.1 Å². The molecule has 2 aliphatic carbocycles. The first-order valence-corrected chi connectivity index (χ1v) is 14.7. The van der Waals surface area contributed by atoms with Crippen molar-refractivity contribution in [2.45, 2.75) is 79.2 Å². The third-order valence-electron chi connectivity index (χ3n) is 8.21. The Morgan fingerprint density at radius 2 is 1.97 bits per heavy atom. The number of anilines is 1. The monoisotopic (exact) mass is 507 g/mol. The Hall–Kier alpha value is -1.12. The van der Waals surface area contributed by atoms with E-state index in [9.17, 15) is 14.7 Å². The van der Waals surface area contributed by atoms with Crippen molar-refractivity contribution in [2.24, 2.45) is 28.6 Å². The second-order valence-electron chi connectivity index (χ2n) is 12.2. The van der Waals surface area contributed by atoms with Crippen LogP contribution in [0.2, 0.25) is 0 Å². The third kappa shape index (κ3) is 5.19. The maximum Gasteiger partial charge on any atom is 0.226 e. The predicted molar refractivity (Wildman–Crippen MR) is 140 cm³/mol. The van der Waals surface area contributed by atoms with Gasteiger partial charge >= 0.3 is 0 Å². The molecule has 2 amide bonds. The number of amides is 2. The molecule has 190 valence electrons. The summed E-state index contributed by atoms with van der Waals surface area (Å²) >= 11 is 3.50. The summed E-state index contributed by atoms with van der Waals surface area (Å²) in [6, 6.07) is 0. The first-order chi connectivity index (χ1) is 15.9. The van der Waals surface area contributed by atoms with Crippen LogP contribution < -0.4 is 5.32 Å². The molecular weight excluding hydrogens is 466 g/mol. The van der Waals surface area contributed by atoms with Gasteiger partial charge in [0.1, 0.15) is 0 Å². The maximum atomic E-state index is 13.2. The number of nitrogens with zero attached hydrogens (tertiary/aromatic N) is 2. The second-order valence-corrected chi connectivity index (χ2v) is 14.5. The molecule has 1 aliphatic heterocycles. The van der Waals surface area contributed by atoms with Crippen LogP contribution in [0.3, 0.4) is 0 Å². The van der Waals surface area contributed by atoms with Gasteiger partial charge in [-0.1, -0.05) is 41.5 Å². The topological polar surface area (TPSA) is 82.5 Å². The molecule has 0 bridgehead atoms. The first kappa shape index (κ1) is 26.0. The molecule has 0 aromatic carbocycles. The quantitative estimate of drug-likeness (QED) is 0.613. The van der Waals surface area contributed by atoms with E-state index in [4.69, 9.17) is 4.98 Å². The van der Waals surface area contributed by atoms with E-state index in [1.54, 1.807) is 11.3 Å². The average molecular weight is 508 g/mol. The lowest BCUT2D eigenvalue weighted by atomic mass is 9.53. The number of nitrogens with one attached hydrogen (secondary N) is 1. The normalized spacial score (nSPS) is 32.5. The van der Waals surface area contributed by atoms with Crippen LogP contribution in [-0.2, 0) is 16.0 Å². The molecule has 6 nitrogen and oxygen atoms in total. The van der Waals surface area contributed by atoms with E-state index >= 15 is 0 Å². The van der Waals surface area contributed by atoms with Gasteiger partial charge in [0.25, 0.3) is 0 Å². The smallest absolute Gasteiger partial charge is 0.226 e. The molecular formula is C26H41N3O3S2. The van der Waals surface area contributed by atoms with Crippen molar-refractivity contribution in [1.82, 2.24) is 9.88 Å². The standard InChI is InChI=1S/C26H41N3O3S2/c1-15(23(32)29-9-11-33-12-10-29)17-7-8-26(6)13-18-21(16(2)20(26)22(17)31)28-24(34-18)27-19(30)14-25(3,4)5/h15-17,20,22,31H,7-14H2,1-6H3,(H,27,28,30)/t15-,16-,17-,20+,22-,26+/m0/s1. The highest BCUT2D eigenvalue weighted by molar-refractivity contribution is 7.99. The number of aliphatic hydroxyl groups is 1. The van der Waals surface area contributed by atoms with Crippen LogP contribution in [0.15, 0.2) is 0 Å². The molecule has 4 rings (SSSR count). The Morgan fingerprint density at radius 3 is 2.62 bits per heavy atom. The van der Waals surface area contributed by atoms with Gasteiger partial charge in [-0.25, -0.2) is 4.98 Å². The average Bonchev–Trinajstić information content (AvgIpc) is 3.13. The Bertz CT molecular complexity index is 921. The SMILES string of the molecule is C[C@H](C(=O)N1CCSCC1)[C@@H]1CC[C@]2(C)Cc3sc(NC(=O)CC(C)(C)C)nc3[C@@H](C)[C@@H]2[C@H]1O. The van der Waals surface area contributed by atoms with E-state index in [2.05, 4.69) is 39.9 Å². The number of fused-ring (bicyclic) bond motifs is 2. The molecule has 34 heavy (non-hydrogen) atoms. The van der Waals surface area contributed by atoms with Gasteiger partial charge in [-0.15, -0.1) is 11.3 Å². The number of carbonyl (C=O) groups excluding carboxylic acids is 2. The minimum Gasteiger partial charge on any atom is -0.392 e. The molecule has 1 aromatic heterocycles. The number of thiazole rings is 1. The van der Waals surface area contributed by atoms with E-state index in [1.165, 1.54) is 4.88 Å². The van der Waals surface area contributed by atoms with Gasteiger partial charge in [-0.3, -0.25) is 9.59 Å². The summed E-state index contributed by atoms with van der Waals surface area (Å²) in [5.41, 5.74) is 0.925. The van der Waals surface area contributed by atoms with Gasteiger partial charge < -0.3 is 15.3 Å². The van der Waals surface area contributed by atoms with Crippen LogP contribution in [-0.4, -0.2) is 57.5 Å². The fraction of sp³-hybridized carbons (Fsp3) is 0.808. The summed E-state index contributed by atoms with van der Waals surface area (Å²) < 4.78 is 0. The highest BCUT2D eigenvalue weighted by atomic mass is 32.2. The molecule has 2 fully saturated rings. The Labute approximate surface area is 212 Å². The van der Waals surface area contributed by atoms with E-state index < -0.39 is 6.10 Å². The minimum atomic E-state index is -0.527. The lowest BCUT2D eigenvalue weighted by Crippen LogP contribution is -2.54. The number of hydrogen-bond donors (Lipinski definition) is 2. The zero-order valence-electron chi connectivity index (χ0n) is 21.5. The van der Waals surface area contributed by atoms with Crippen molar-refractivity contribution < 1.29 is 14.7 Å². The molecule has 1 saturated heterocycles. The van der Waals surface area contributed by atoms with Gasteiger partial charge in [0.2, 0.25) is 11.8 Å². The molecule has 0 radical (unpaired) electrons. The highest BCUT2D eigenvalue weighted by Crippen LogP contribution is 2.57. The summed E-state index contributed by atoms with van der Waals surface area (Å²) in [6.45, 7) is 14.3. The van der Waals surface area contributed by atoms with Crippen molar-refractivity contribution in [3.63, 3.8) is 0 Å². The lowest BCUT2D eigenvalue weighted by molar-refractivity contribution is -0.144. The van der Waals surface area contributed by atoms with Gasteiger partial charge in [0.05, 0.1) is 11.8 Å². The molecule has 0 unspecified atom stereocenters. The van der Waals surface area contributed by atoms with Crippen LogP contribution in [0, 0.1) is 28.6 Å². The number of aliphatic hydroxyl groups excluding tert-OH is 1. The largest absolute Gasteiger partial charge is 0.392 e. The Balaban J connectivity index is 1.51. The molecule has 0 spiro atoms. The van der Waals surface area contributed by atoms with Gasteiger partial charge in [0, 0.05) is 47.7 Å². The summed E-state index contributed by atoms with van der Waals surface area (Å²) in [6.07, 6.45) is 2.68. The van der Waals surface area contributed by atoms with Crippen molar-refractivity contribution in [1.29, 1.82) is 0 Å². The maximum absolute atomic E-state index is 13.2. The number of rotatable bonds is 4. The zero-order valence-corrected chi connectivity index (χ0v) is 23.2. The summed E-state index contributed by atoms with van der Waals surface area (Å²) in [5, 5.41) is 15.3. The zero-order chi connectivity index (χ0) is 24.8.